The molecule has 2 rings (SSSR count). The van der Waals surface area contributed by atoms with Crippen LogP contribution in [0, 0.1) is 0 Å². The van der Waals surface area contributed by atoms with Crippen LogP contribution in [0.5, 0.6) is 0 Å². The fourth-order valence-electron chi connectivity index (χ4n) is 2.22. The van der Waals surface area contributed by atoms with Crippen molar-refractivity contribution in [2.24, 2.45) is 0 Å². The number of hydrogen-bond donors (Lipinski definition) is 2. The van der Waals surface area contributed by atoms with Crippen LogP contribution in [0.4, 0.5) is 0 Å². The molecule has 0 fully saturated rings. The highest BCUT2D eigenvalue weighted by atomic mass is 32.2. The molecule has 0 saturated carbocycles. The number of amides is 1. The molecule has 2 N–H and O–H groups in total. The minimum Gasteiger partial charge on any atom is -0.292 e. The Morgan fingerprint density at radius 2 is 2.33 bits per heavy atom. The Morgan fingerprint density at radius 3 is 3.17 bits per heavy atom. The van der Waals surface area contributed by atoms with Crippen LogP contribution in [-0.2, 0) is 17.6 Å². The molecule has 4 heteroatoms. The number of fused-ring (bicyclic) bond motifs is 1. The monoisotopic (exact) mass is 264 g/mol. The third kappa shape index (κ3) is 3.75. The molecule has 98 valence electrons. The SMILES string of the molecule is CNNC(=O)CCCc1ccc2c(c1)CCCS2. The van der Waals surface area contributed by atoms with Gasteiger partial charge in [-0.25, -0.2) is 5.43 Å². The first kappa shape index (κ1) is 13.4. The zero-order valence-corrected chi connectivity index (χ0v) is 11.6. The van der Waals surface area contributed by atoms with E-state index in [0.717, 1.165) is 12.8 Å². The van der Waals surface area contributed by atoms with Crippen molar-refractivity contribution >= 4 is 17.7 Å². The molecule has 1 amide bonds. The summed E-state index contributed by atoms with van der Waals surface area (Å²) in [5.41, 5.74) is 8.09. The Kier molecular flexibility index (Phi) is 5.08. The van der Waals surface area contributed by atoms with E-state index in [4.69, 9.17) is 0 Å². The molecule has 0 unspecified atom stereocenters. The van der Waals surface area contributed by atoms with E-state index in [2.05, 4.69) is 29.1 Å². The maximum Gasteiger partial charge on any atom is 0.234 e. The zero-order chi connectivity index (χ0) is 12.8. The molecule has 0 aliphatic carbocycles. The molecule has 1 aliphatic rings. The molecule has 1 aliphatic heterocycles. The van der Waals surface area contributed by atoms with E-state index in [1.165, 1.54) is 34.6 Å². The normalized spacial score (nSPS) is 14.1. The van der Waals surface area contributed by atoms with E-state index in [1.807, 2.05) is 11.8 Å². The summed E-state index contributed by atoms with van der Waals surface area (Å²) >= 11 is 1.96. The number of benzene rings is 1. The van der Waals surface area contributed by atoms with E-state index < -0.39 is 0 Å². The number of hydrogen-bond acceptors (Lipinski definition) is 3. The van der Waals surface area contributed by atoms with E-state index >= 15 is 0 Å². The van der Waals surface area contributed by atoms with Crippen LogP contribution in [-0.4, -0.2) is 18.7 Å². The number of aryl methyl sites for hydroxylation is 2. The third-order valence-corrected chi connectivity index (χ3v) is 4.31. The summed E-state index contributed by atoms with van der Waals surface area (Å²) in [6.45, 7) is 0. The van der Waals surface area contributed by atoms with Gasteiger partial charge in [-0.15, -0.1) is 11.8 Å². The summed E-state index contributed by atoms with van der Waals surface area (Å²) in [6, 6.07) is 6.76. The predicted octanol–water partition coefficient (Wildman–Crippen LogP) is 2.30. The van der Waals surface area contributed by atoms with Crippen LogP contribution in [0.25, 0.3) is 0 Å². The molecule has 0 bridgehead atoms. The van der Waals surface area contributed by atoms with E-state index in [-0.39, 0.29) is 5.91 Å². The lowest BCUT2D eigenvalue weighted by atomic mass is 10.0. The van der Waals surface area contributed by atoms with Gasteiger partial charge in [-0.1, -0.05) is 12.1 Å². The van der Waals surface area contributed by atoms with Gasteiger partial charge in [0.15, 0.2) is 0 Å². The second-order valence-electron chi connectivity index (χ2n) is 4.55. The number of nitrogens with one attached hydrogen (secondary N) is 2. The Labute approximate surface area is 113 Å². The molecule has 3 nitrogen and oxygen atoms in total. The van der Waals surface area contributed by atoms with E-state index in [0.29, 0.717) is 6.42 Å². The van der Waals surface area contributed by atoms with Gasteiger partial charge in [0.25, 0.3) is 0 Å². The van der Waals surface area contributed by atoms with Crippen molar-refractivity contribution in [3.8, 4) is 0 Å². The minimum absolute atomic E-state index is 0.0611. The highest BCUT2D eigenvalue weighted by Crippen LogP contribution is 2.30. The predicted molar refractivity (Wildman–Crippen MR) is 75.6 cm³/mol. The molecular weight excluding hydrogens is 244 g/mol. The molecule has 1 aromatic carbocycles. The summed E-state index contributed by atoms with van der Waals surface area (Å²) in [7, 11) is 1.71. The lowest BCUT2D eigenvalue weighted by Gasteiger charge is -2.16. The van der Waals surface area contributed by atoms with Gasteiger partial charge in [0, 0.05) is 18.4 Å². The summed E-state index contributed by atoms with van der Waals surface area (Å²) in [5.74, 6) is 1.31. The smallest absolute Gasteiger partial charge is 0.234 e. The van der Waals surface area contributed by atoms with Crippen molar-refractivity contribution in [2.75, 3.05) is 12.8 Å². The topological polar surface area (TPSA) is 41.1 Å². The van der Waals surface area contributed by atoms with Crippen molar-refractivity contribution in [2.45, 2.75) is 37.0 Å². The lowest BCUT2D eigenvalue weighted by molar-refractivity contribution is -0.122. The van der Waals surface area contributed by atoms with E-state index in [1.54, 1.807) is 7.05 Å². The van der Waals surface area contributed by atoms with Crippen LogP contribution in [0.1, 0.15) is 30.4 Å². The van der Waals surface area contributed by atoms with Crippen molar-refractivity contribution in [1.29, 1.82) is 0 Å². The van der Waals surface area contributed by atoms with E-state index in [9.17, 15) is 4.79 Å². The van der Waals surface area contributed by atoms with Crippen LogP contribution >= 0.6 is 11.8 Å². The van der Waals surface area contributed by atoms with Crippen LogP contribution in [0.3, 0.4) is 0 Å². The Morgan fingerprint density at radius 1 is 1.44 bits per heavy atom. The molecule has 0 radical (unpaired) electrons. The highest BCUT2D eigenvalue weighted by molar-refractivity contribution is 7.99. The number of hydrazine groups is 1. The van der Waals surface area contributed by atoms with Gasteiger partial charge in [-0.3, -0.25) is 10.2 Å². The summed E-state index contributed by atoms with van der Waals surface area (Å²) in [4.78, 5) is 12.7. The fourth-order valence-corrected chi connectivity index (χ4v) is 3.24. The number of carbonyl (C=O) groups excluding carboxylic acids is 1. The van der Waals surface area contributed by atoms with Gasteiger partial charge in [-0.05, 0) is 48.6 Å². The number of thioether (sulfide) groups is 1. The summed E-state index contributed by atoms with van der Waals surface area (Å²) in [5, 5.41) is 0. The van der Waals surface area contributed by atoms with Crippen molar-refractivity contribution in [3.05, 3.63) is 29.3 Å². The first-order valence-corrected chi connectivity index (χ1v) is 7.48. The molecule has 0 spiro atoms. The molecular formula is C14H20N2OS. The van der Waals surface area contributed by atoms with Gasteiger partial charge in [0.2, 0.25) is 5.91 Å². The number of rotatable bonds is 5. The van der Waals surface area contributed by atoms with Gasteiger partial charge >= 0.3 is 0 Å². The maximum atomic E-state index is 11.3. The minimum atomic E-state index is 0.0611. The molecule has 1 aromatic rings. The van der Waals surface area contributed by atoms with Crippen LogP contribution in [0.2, 0.25) is 0 Å². The quantitative estimate of drug-likeness (QED) is 0.802. The van der Waals surface area contributed by atoms with Gasteiger partial charge < -0.3 is 0 Å². The molecule has 0 atom stereocenters. The summed E-state index contributed by atoms with van der Waals surface area (Å²) in [6.07, 6.45) is 4.95. The summed E-state index contributed by atoms with van der Waals surface area (Å²) < 4.78 is 0. The van der Waals surface area contributed by atoms with Crippen LogP contribution < -0.4 is 10.9 Å². The molecule has 0 saturated heterocycles. The number of carbonyl (C=O) groups is 1. The molecule has 1 heterocycles. The third-order valence-electron chi connectivity index (χ3n) is 3.11. The second kappa shape index (κ2) is 6.81. The average molecular weight is 264 g/mol. The molecule has 0 aromatic heterocycles. The van der Waals surface area contributed by atoms with Gasteiger partial charge in [0.05, 0.1) is 0 Å². The van der Waals surface area contributed by atoms with Gasteiger partial charge in [-0.2, -0.15) is 0 Å². The van der Waals surface area contributed by atoms with Crippen LogP contribution in [0.15, 0.2) is 23.1 Å². The van der Waals surface area contributed by atoms with Crippen molar-refractivity contribution < 1.29 is 4.79 Å². The zero-order valence-electron chi connectivity index (χ0n) is 10.8. The van der Waals surface area contributed by atoms with Crippen molar-refractivity contribution in [1.82, 2.24) is 10.9 Å². The lowest BCUT2D eigenvalue weighted by Crippen LogP contribution is -2.33. The van der Waals surface area contributed by atoms with Gasteiger partial charge in [0.1, 0.15) is 0 Å². The standard InChI is InChI=1S/C14H20N2OS/c1-15-16-14(17)6-2-4-11-7-8-13-12(10-11)5-3-9-18-13/h7-8,10,15H,2-6,9H2,1H3,(H,16,17). The Bertz CT molecular complexity index is 420. The highest BCUT2D eigenvalue weighted by Gasteiger charge is 2.10. The fraction of sp³-hybridized carbons (Fsp3) is 0.500. The maximum absolute atomic E-state index is 11.3. The second-order valence-corrected chi connectivity index (χ2v) is 5.68. The first-order chi connectivity index (χ1) is 8.79. The Hall–Kier alpha value is -1.00. The molecule has 18 heavy (non-hydrogen) atoms. The Balaban J connectivity index is 1.84. The average Bonchev–Trinajstić information content (AvgIpc) is 2.39. The van der Waals surface area contributed by atoms with Crippen molar-refractivity contribution in [3.63, 3.8) is 0 Å². The largest absolute Gasteiger partial charge is 0.292 e. The first-order valence-electron chi connectivity index (χ1n) is 6.50.